The van der Waals surface area contributed by atoms with Crippen LogP contribution in [0.4, 0.5) is 0 Å². The third kappa shape index (κ3) is 4.35. The maximum absolute atomic E-state index is 11.5. The van der Waals surface area contributed by atoms with Gasteiger partial charge in [0.05, 0.1) is 23.6 Å². The molecule has 0 saturated carbocycles. The second kappa shape index (κ2) is 4.67. The van der Waals surface area contributed by atoms with Crippen LogP contribution in [0.15, 0.2) is 6.20 Å². The number of hydrogen-bond donors (Lipinski definition) is 1. The SMILES string of the molecule is CC(C)(C)OC(=O)C(N)Cc1cnsn1. The molecule has 1 atom stereocenters. The summed E-state index contributed by atoms with van der Waals surface area (Å²) in [5, 5.41) is 0. The summed E-state index contributed by atoms with van der Waals surface area (Å²) in [6.45, 7) is 5.42. The van der Waals surface area contributed by atoms with Crippen molar-refractivity contribution in [3.8, 4) is 0 Å². The summed E-state index contributed by atoms with van der Waals surface area (Å²) in [7, 11) is 0. The summed E-state index contributed by atoms with van der Waals surface area (Å²) in [5.41, 5.74) is 5.89. The molecule has 0 saturated heterocycles. The molecule has 1 heterocycles. The van der Waals surface area contributed by atoms with Gasteiger partial charge in [0.25, 0.3) is 0 Å². The van der Waals surface area contributed by atoms with Gasteiger partial charge in [0, 0.05) is 6.42 Å². The molecule has 2 N–H and O–H groups in total. The highest BCUT2D eigenvalue weighted by Crippen LogP contribution is 2.09. The van der Waals surface area contributed by atoms with Crippen LogP contribution in [0, 0.1) is 0 Å². The Morgan fingerprint density at radius 3 is 2.80 bits per heavy atom. The predicted octanol–water partition coefficient (Wildman–Crippen LogP) is 0.750. The molecule has 0 aliphatic heterocycles. The Hall–Kier alpha value is -1.01. The van der Waals surface area contributed by atoms with E-state index in [0.717, 1.165) is 17.4 Å². The van der Waals surface area contributed by atoms with E-state index in [0.29, 0.717) is 6.42 Å². The van der Waals surface area contributed by atoms with Crippen LogP contribution in [0.2, 0.25) is 0 Å². The van der Waals surface area contributed by atoms with Gasteiger partial charge < -0.3 is 10.5 Å². The van der Waals surface area contributed by atoms with E-state index in [4.69, 9.17) is 10.5 Å². The van der Waals surface area contributed by atoms with Crippen molar-refractivity contribution >= 4 is 17.7 Å². The maximum atomic E-state index is 11.5. The second-order valence-corrected chi connectivity index (χ2v) is 4.80. The fraction of sp³-hybridized carbons (Fsp3) is 0.667. The monoisotopic (exact) mass is 229 g/mol. The molecule has 1 rings (SSSR count). The van der Waals surface area contributed by atoms with Crippen molar-refractivity contribution in [1.29, 1.82) is 0 Å². The van der Waals surface area contributed by atoms with Gasteiger partial charge in [-0.15, -0.1) is 0 Å². The van der Waals surface area contributed by atoms with Crippen molar-refractivity contribution in [2.45, 2.75) is 38.8 Å². The molecule has 5 nitrogen and oxygen atoms in total. The third-order valence-corrected chi connectivity index (χ3v) is 2.06. The van der Waals surface area contributed by atoms with Gasteiger partial charge in [0.2, 0.25) is 0 Å². The molecule has 15 heavy (non-hydrogen) atoms. The molecule has 0 amide bonds. The number of hydrogen-bond acceptors (Lipinski definition) is 6. The number of ether oxygens (including phenoxy) is 1. The Morgan fingerprint density at radius 1 is 1.67 bits per heavy atom. The first-order chi connectivity index (χ1) is 6.88. The number of carbonyl (C=O) groups excluding carboxylic acids is 1. The fourth-order valence-electron chi connectivity index (χ4n) is 0.960. The Morgan fingerprint density at radius 2 is 2.33 bits per heavy atom. The zero-order valence-corrected chi connectivity index (χ0v) is 9.87. The average molecular weight is 229 g/mol. The van der Waals surface area contributed by atoms with Gasteiger partial charge in [-0.2, -0.15) is 8.75 Å². The van der Waals surface area contributed by atoms with Gasteiger partial charge in [-0.05, 0) is 20.8 Å². The van der Waals surface area contributed by atoms with Crippen molar-refractivity contribution in [3.63, 3.8) is 0 Å². The van der Waals surface area contributed by atoms with E-state index in [2.05, 4.69) is 8.75 Å². The van der Waals surface area contributed by atoms with Crippen LogP contribution in [-0.2, 0) is 16.0 Å². The molecule has 84 valence electrons. The average Bonchev–Trinajstić information content (AvgIpc) is 2.53. The Kier molecular flexibility index (Phi) is 3.76. The van der Waals surface area contributed by atoms with Gasteiger partial charge in [0.1, 0.15) is 11.6 Å². The molecule has 0 spiro atoms. The zero-order valence-electron chi connectivity index (χ0n) is 9.06. The topological polar surface area (TPSA) is 78.1 Å². The first-order valence-electron chi connectivity index (χ1n) is 4.63. The summed E-state index contributed by atoms with van der Waals surface area (Å²) in [6, 6.07) is -0.673. The lowest BCUT2D eigenvalue weighted by Crippen LogP contribution is -2.38. The Bertz CT molecular complexity index is 319. The molecular formula is C9H15N3O2S. The highest BCUT2D eigenvalue weighted by molar-refractivity contribution is 6.99. The van der Waals surface area contributed by atoms with E-state index >= 15 is 0 Å². The third-order valence-electron chi connectivity index (χ3n) is 1.55. The van der Waals surface area contributed by atoms with Gasteiger partial charge in [0.15, 0.2) is 0 Å². The summed E-state index contributed by atoms with van der Waals surface area (Å²) in [6.07, 6.45) is 1.97. The molecule has 0 fully saturated rings. The number of carbonyl (C=O) groups is 1. The van der Waals surface area contributed by atoms with Gasteiger partial charge in [-0.1, -0.05) is 0 Å². The van der Waals surface area contributed by atoms with Crippen molar-refractivity contribution in [3.05, 3.63) is 11.9 Å². The van der Waals surface area contributed by atoms with Crippen molar-refractivity contribution < 1.29 is 9.53 Å². The summed E-state index contributed by atoms with van der Waals surface area (Å²) < 4.78 is 12.9. The molecular weight excluding hydrogens is 214 g/mol. The lowest BCUT2D eigenvalue weighted by atomic mass is 10.1. The quantitative estimate of drug-likeness (QED) is 0.774. The fourth-order valence-corrected chi connectivity index (χ4v) is 1.40. The van der Waals surface area contributed by atoms with Crippen molar-refractivity contribution in [2.75, 3.05) is 0 Å². The van der Waals surface area contributed by atoms with Crippen LogP contribution in [0.25, 0.3) is 0 Å². The zero-order chi connectivity index (χ0) is 11.5. The summed E-state index contributed by atoms with van der Waals surface area (Å²) in [4.78, 5) is 11.5. The first-order valence-corrected chi connectivity index (χ1v) is 5.36. The van der Waals surface area contributed by atoms with Crippen molar-refractivity contribution in [2.24, 2.45) is 5.73 Å². The largest absolute Gasteiger partial charge is 0.459 e. The maximum Gasteiger partial charge on any atom is 0.323 e. The second-order valence-electron chi connectivity index (χ2n) is 4.24. The van der Waals surface area contributed by atoms with Crippen LogP contribution in [0.3, 0.4) is 0 Å². The molecule has 0 aliphatic carbocycles. The predicted molar refractivity (Wildman–Crippen MR) is 57.4 cm³/mol. The van der Waals surface area contributed by atoms with Crippen LogP contribution >= 0.6 is 11.7 Å². The molecule has 1 aromatic rings. The van der Waals surface area contributed by atoms with E-state index in [-0.39, 0.29) is 0 Å². The minimum atomic E-state index is -0.673. The molecule has 1 aromatic heterocycles. The van der Waals surface area contributed by atoms with Crippen molar-refractivity contribution in [1.82, 2.24) is 8.75 Å². The highest BCUT2D eigenvalue weighted by Gasteiger charge is 2.22. The number of rotatable bonds is 3. The smallest absolute Gasteiger partial charge is 0.323 e. The van der Waals surface area contributed by atoms with Gasteiger partial charge in [-0.3, -0.25) is 4.79 Å². The van der Waals surface area contributed by atoms with Crippen LogP contribution in [0.5, 0.6) is 0 Å². The van der Waals surface area contributed by atoms with E-state index in [9.17, 15) is 4.79 Å². The standard InChI is InChI=1S/C9H15N3O2S/c1-9(2,3)14-8(13)7(10)4-6-5-11-15-12-6/h5,7H,4,10H2,1-3H3. The minimum Gasteiger partial charge on any atom is -0.459 e. The van der Waals surface area contributed by atoms with Crippen LogP contribution < -0.4 is 5.73 Å². The number of nitrogens with two attached hydrogens (primary N) is 1. The molecule has 0 radical (unpaired) electrons. The number of nitrogens with zero attached hydrogens (tertiary/aromatic N) is 2. The van der Waals surface area contributed by atoms with E-state index < -0.39 is 17.6 Å². The molecule has 0 aromatic carbocycles. The van der Waals surface area contributed by atoms with Crippen LogP contribution in [-0.4, -0.2) is 26.4 Å². The molecule has 0 bridgehead atoms. The summed E-state index contributed by atoms with van der Waals surface area (Å²) in [5.74, 6) is -0.407. The van der Waals surface area contributed by atoms with E-state index in [1.807, 2.05) is 20.8 Å². The first kappa shape index (κ1) is 12.1. The van der Waals surface area contributed by atoms with Crippen LogP contribution in [0.1, 0.15) is 26.5 Å². The van der Waals surface area contributed by atoms with Gasteiger partial charge in [-0.25, -0.2) is 0 Å². The molecule has 1 unspecified atom stereocenters. The lowest BCUT2D eigenvalue weighted by molar-refractivity contribution is -0.156. The molecule has 6 heteroatoms. The highest BCUT2D eigenvalue weighted by atomic mass is 32.1. The van der Waals surface area contributed by atoms with E-state index in [1.54, 1.807) is 6.20 Å². The number of esters is 1. The van der Waals surface area contributed by atoms with E-state index in [1.165, 1.54) is 0 Å². The minimum absolute atomic E-state index is 0.366. The van der Waals surface area contributed by atoms with Gasteiger partial charge >= 0.3 is 5.97 Å². The normalized spacial score (nSPS) is 13.6. The number of aromatic nitrogens is 2. The summed E-state index contributed by atoms with van der Waals surface area (Å²) >= 11 is 1.10. The molecule has 0 aliphatic rings. The Balaban J connectivity index is 2.47. The lowest BCUT2D eigenvalue weighted by Gasteiger charge is -2.21. The Labute approximate surface area is 93.0 Å².